The predicted molar refractivity (Wildman–Crippen MR) is 102 cm³/mol. The number of halogens is 1. The molecule has 3 rings (SSSR count). The van der Waals surface area contributed by atoms with Crippen molar-refractivity contribution in [2.75, 3.05) is 10.6 Å². The van der Waals surface area contributed by atoms with E-state index in [0.29, 0.717) is 5.56 Å². The normalized spacial score (nSPS) is 14.1. The van der Waals surface area contributed by atoms with Crippen LogP contribution in [0.1, 0.15) is 41.7 Å². The highest BCUT2D eigenvalue weighted by Crippen LogP contribution is 2.30. The van der Waals surface area contributed by atoms with E-state index in [2.05, 4.69) is 20.6 Å². The topological polar surface area (TPSA) is 121 Å². The fourth-order valence-electron chi connectivity index (χ4n) is 2.99. The molecule has 142 valence electrons. The zero-order valence-electron chi connectivity index (χ0n) is 14.2. The number of hydrogen-bond donors (Lipinski definition) is 3. The molecule has 1 fully saturated rings. The molecule has 10 heteroatoms. The summed E-state index contributed by atoms with van der Waals surface area (Å²) < 4.78 is 0.197. The second kappa shape index (κ2) is 8.45. The van der Waals surface area contributed by atoms with Crippen LogP contribution in [0.5, 0.6) is 0 Å². The van der Waals surface area contributed by atoms with Gasteiger partial charge in [-0.25, -0.2) is 14.8 Å². The number of carboxylic acid groups (broad SMARTS) is 1. The number of rotatable bonds is 6. The van der Waals surface area contributed by atoms with E-state index in [9.17, 15) is 14.4 Å². The minimum atomic E-state index is -1.07. The summed E-state index contributed by atoms with van der Waals surface area (Å²) in [5, 5.41) is 14.0. The van der Waals surface area contributed by atoms with Crippen LogP contribution in [-0.4, -0.2) is 32.9 Å². The van der Waals surface area contributed by atoms with Crippen molar-refractivity contribution >= 4 is 51.7 Å². The van der Waals surface area contributed by atoms with Crippen molar-refractivity contribution in [1.29, 1.82) is 0 Å². The lowest BCUT2D eigenvalue weighted by Crippen LogP contribution is -2.23. The number of amides is 2. The van der Waals surface area contributed by atoms with E-state index in [0.717, 1.165) is 37.0 Å². The van der Waals surface area contributed by atoms with Gasteiger partial charge >= 0.3 is 12.0 Å². The average molecular weight is 409 g/mol. The minimum Gasteiger partial charge on any atom is -0.481 e. The zero-order chi connectivity index (χ0) is 19.4. The molecule has 0 bridgehead atoms. The summed E-state index contributed by atoms with van der Waals surface area (Å²) in [4.78, 5) is 43.8. The van der Waals surface area contributed by atoms with Gasteiger partial charge in [0.1, 0.15) is 10.2 Å². The average Bonchev–Trinajstić information content (AvgIpc) is 3.25. The lowest BCUT2D eigenvalue weighted by Gasteiger charge is -2.12. The Hall–Kier alpha value is -2.52. The van der Waals surface area contributed by atoms with Crippen LogP contribution >= 0.6 is 22.9 Å². The minimum absolute atomic E-state index is 0.0167. The summed E-state index contributed by atoms with van der Waals surface area (Å²) >= 11 is 6.89. The number of nitrogens with one attached hydrogen (secondary N) is 2. The molecule has 1 aliphatic carbocycles. The van der Waals surface area contributed by atoms with Crippen LogP contribution in [0, 0.1) is 5.92 Å². The SMILES string of the molecule is O=C(O)Cc1nc(NC(=O)Nc2ncccc2C(=O)C2CCCC2)sc1Cl. The Morgan fingerprint density at radius 2 is 2.00 bits per heavy atom. The van der Waals surface area contributed by atoms with E-state index in [1.165, 1.54) is 6.20 Å². The maximum atomic E-state index is 12.7. The van der Waals surface area contributed by atoms with Gasteiger partial charge in [0.05, 0.1) is 17.7 Å². The third-order valence-electron chi connectivity index (χ3n) is 4.22. The third-order valence-corrected chi connectivity index (χ3v) is 5.47. The summed E-state index contributed by atoms with van der Waals surface area (Å²) in [7, 11) is 0. The van der Waals surface area contributed by atoms with Gasteiger partial charge in [0.25, 0.3) is 0 Å². The molecule has 8 nitrogen and oxygen atoms in total. The predicted octanol–water partition coefficient (Wildman–Crippen LogP) is 3.84. The number of carbonyl (C=O) groups is 3. The Labute approximate surface area is 164 Å². The van der Waals surface area contributed by atoms with Crippen LogP contribution in [0.4, 0.5) is 15.7 Å². The van der Waals surface area contributed by atoms with E-state index in [1.807, 2.05) is 0 Å². The van der Waals surface area contributed by atoms with Gasteiger partial charge < -0.3 is 5.11 Å². The number of carboxylic acids is 1. The maximum absolute atomic E-state index is 12.7. The smallest absolute Gasteiger partial charge is 0.326 e. The van der Waals surface area contributed by atoms with Crippen LogP contribution in [0.25, 0.3) is 0 Å². The first-order valence-electron chi connectivity index (χ1n) is 8.38. The van der Waals surface area contributed by atoms with Gasteiger partial charge in [-0.2, -0.15) is 0 Å². The molecule has 0 atom stereocenters. The molecular formula is C17H17ClN4O4S. The van der Waals surface area contributed by atoms with Gasteiger partial charge in [0.15, 0.2) is 10.9 Å². The van der Waals surface area contributed by atoms with E-state index >= 15 is 0 Å². The fourth-order valence-corrected chi connectivity index (χ4v) is 4.02. The number of pyridine rings is 1. The molecule has 0 radical (unpaired) electrons. The van der Waals surface area contributed by atoms with Crippen molar-refractivity contribution in [3.63, 3.8) is 0 Å². The molecule has 2 aromatic rings. The highest BCUT2D eigenvalue weighted by atomic mass is 35.5. The van der Waals surface area contributed by atoms with Crippen LogP contribution in [0.2, 0.25) is 4.34 Å². The first kappa shape index (κ1) is 19.2. The molecule has 0 unspecified atom stereocenters. The molecule has 1 aliphatic rings. The monoisotopic (exact) mass is 408 g/mol. The number of thiazole rings is 1. The third kappa shape index (κ3) is 4.81. The summed E-state index contributed by atoms with van der Waals surface area (Å²) in [6, 6.07) is 2.67. The molecule has 2 aromatic heterocycles. The lowest BCUT2D eigenvalue weighted by molar-refractivity contribution is -0.136. The molecule has 27 heavy (non-hydrogen) atoms. The van der Waals surface area contributed by atoms with Gasteiger partial charge in [0.2, 0.25) is 0 Å². The first-order chi connectivity index (χ1) is 12.9. The molecule has 0 aromatic carbocycles. The number of nitrogens with zero attached hydrogens (tertiary/aromatic N) is 2. The molecule has 0 spiro atoms. The number of Topliss-reactive ketones (excluding diaryl/α,β-unsaturated/α-hetero) is 1. The van der Waals surface area contributed by atoms with Gasteiger partial charge in [-0.3, -0.25) is 20.2 Å². The van der Waals surface area contributed by atoms with Crippen molar-refractivity contribution in [2.24, 2.45) is 5.92 Å². The van der Waals surface area contributed by atoms with Crippen molar-refractivity contribution < 1.29 is 19.5 Å². The van der Waals surface area contributed by atoms with Crippen LogP contribution in [-0.2, 0) is 11.2 Å². The number of anilines is 2. The van der Waals surface area contributed by atoms with E-state index in [1.54, 1.807) is 12.1 Å². The van der Waals surface area contributed by atoms with Gasteiger partial charge in [0, 0.05) is 12.1 Å². The molecular weight excluding hydrogens is 392 g/mol. The maximum Gasteiger partial charge on any atom is 0.326 e. The molecule has 3 N–H and O–H groups in total. The number of carbonyl (C=O) groups excluding carboxylic acids is 2. The molecule has 1 saturated carbocycles. The largest absolute Gasteiger partial charge is 0.481 e. The Morgan fingerprint density at radius 3 is 2.70 bits per heavy atom. The Balaban J connectivity index is 1.69. The van der Waals surface area contributed by atoms with Gasteiger partial charge in [-0.05, 0) is 25.0 Å². The van der Waals surface area contributed by atoms with Gasteiger partial charge in [-0.15, -0.1) is 0 Å². The molecule has 2 heterocycles. The van der Waals surface area contributed by atoms with E-state index in [-0.39, 0.29) is 39.1 Å². The number of ketones is 1. The number of hydrogen-bond acceptors (Lipinski definition) is 6. The first-order valence-corrected chi connectivity index (χ1v) is 9.57. The van der Waals surface area contributed by atoms with Crippen molar-refractivity contribution in [2.45, 2.75) is 32.1 Å². The highest BCUT2D eigenvalue weighted by Gasteiger charge is 2.26. The quantitative estimate of drug-likeness (QED) is 0.624. The Morgan fingerprint density at radius 1 is 1.26 bits per heavy atom. The highest BCUT2D eigenvalue weighted by molar-refractivity contribution is 7.19. The van der Waals surface area contributed by atoms with Gasteiger partial charge in [-0.1, -0.05) is 35.8 Å². The summed E-state index contributed by atoms with van der Waals surface area (Å²) in [5.41, 5.74) is 0.558. The standard InChI is InChI=1S/C17H17ClN4O4S/c18-14-11(8-12(23)24)20-17(27-14)22-16(26)21-15-10(6-3-7-19-15)13(25)9-4-1-2-5-9/h3,6-7,9H,1-2,4-5,8H2,(H,23,24)(H2,19,20,21,22,26). The van der Waals surface area contributed by atoms with Crippen LogP contribution < -0.4 is 10.6 Å². The number of aliphatic carboxylic acids is 1. The van der Waals surface area contributed by atoms with E-state index in [4.69, 9.17) is 16.7 Å². The molecule has 2 amide bonds. The van der Waals surface area contributed by atoms with Crippen LogP contribution in [0.3, 0.4) is 0 Å². The molecule has 0 saturated heterocycles. The Bertz CT molecular complexity index is 880. The van der Waals surface area contributed by atoms with E-state index < -0.39 is 12.0 Å². The Kier molecular flexibility index (Phi) is 6.02. The summed E-state index contributed by atoms with van der Waals surface area (Å²) in [6.45, 7) is 0. The number of aromatic nitrogens is 2. The lowest BCUT2D eigenvalue weighted by atomic mass is 9.97. The van der Waals surface area contributed by atoms with Crippen molar-refractivity contribution in [1.82, 2.24) is 9.97 Å². The summed E-state index contributed by atoms with van der Waals surface area (Å²) in [6.07, 6.45) is 4.92. The van der Waals surface area contributed by atoms with Crippen molar-refractivity contribution in [3.05, 3.63) is 33.9 Å². The second-order valence-electron chi connectivity index (χ2n) is 6.13. The summed E-state index contributed by atoms with van der Waals surface area (Å²) in [5.74, 6) is -0.937. The molecule has 0 aliphatic heterocycles. The fraction of sp³-hybridized carbons (Fsp3) is 0.353. The van der Waals surface area contributed by atoms with Crippen LogP contribution in [0.15, 0.2) is 18.3 Å². The second-order valence-corrected chi connectivity index (χ2v) is 7.74. The number of urea groups is 1. The zero-order valence-corrected chi connectivity index (χ0v) is 15.8. The van der Waals surface area contributed by atoms with Crippen molar-refractivity contribution in [3.8, 4) is 0 Å².